The fraction of sp³-hybridized carbons (Fsp3) is 0.800. The molecule has 0 amide bonds. The summed E-state index contributed by atoms with van der Waals surface area (Å²) in [5, 5.41) is 4.21. The van der Waals surface area contributed by atoms with Gasteiger partial charge in [0.25, 0.3) is 0 Å². The maximum atomic E-state index is 12.3. The summed E-state index contributed by atoms with van der Waals surface area (Å²) in [7, 11) is -1.22. The lowest BCUT2D eigenvalue weighted by molar-refractivity contribution is 0.0546. The van der Waals surface area contributed by atoms with Crippen LogP contribution in [0.15, 0.2) is 12.4 Å². The first-order valence-corrected chi connectivity index (χ1v) is 9.88. The Morgan fingerprint density at radius 3 is 2.87 bits per heavy atom. The minimum atomic E-state index is -3.13. The number of aromatic nitrogens is 2. The van der Waals surface area contributed by atoms with E-state index in [9.17, 15) is 8.42 Å². The van der Waals surface area contributed by atoms with Gasteiger partial charge in [-0.3, -0.25) is 9.58 Å². The second kappa shape index (κ2) is 6.88. The number of fused-ring (bicyclic) bond motifs is 1. The van der Waals surface area contributed by atoms with E-state index in [1.807, 2.05) is 26.4 Å². The molecule has 1 aromatic rings. The molecular formula is C15H26N4O3S. The zero-order chi connectivity index (χ0) is 16.4. The minimum Gasteiger partial charge on any atom is -0.375 e. The van der Waals surface area contributed by atoms with Crippen molar-refractivity contribution in [2.45, 2.75) is 26.0 Å². The zero-order valence-electron chi connectivity index (χ0n) is 13.9. The first kappa shape index (κ1) is 16.9. The van der Waals surface area contributed by atoms with Crippen LogP contribution in [-0.2, 0) is 28.4 Å². The van der Waals surface area contributed by atoms with Gasteiger partial charge in [0, 0.05) is 57.4 Å². The highest BCUT2D eigenvalue weighted by Crippen LogP contribution is 2.26. The van der Waals surface area contributed by atoms with E-state index < -0.39 is 10.0 Å². The van der Waals surface area contributed by atoms with Crippen molar-refractivity contribution in [3.8, 4) is 0 Å². The van der Waals surface area contributed by atoms with E-state index >= 15 is 0 Å². The van der Waals surface area contributed by atoms with Crippen LogP contribution in [-0.4, -0.2) is 72.0 Å². The Hall–Kier alpha value is -0.960. The molecule has 2 aliphatic heterocycles. The SMILES string of the molecule is CCCS(=O)(=O)N1C[C@H]2CN(Cc3cnn(C)c3)CCO[C@H]2C1. The molecule has 0 unspecified atom stereocenters. The lowest BCUT2D eigenvalue weighted by Gasteiger charge is -2.22. The summed E-state index contributed by atoms with van der Waals surface area (Å²) >= 11 is 0. The molecule has 0 aliphatic carbocycles. The molecule has 2 atom stereocenters. The zero-order valence-corrected chi connectivity index (χ0v) is 14.7. The highest BCUT2D eigenvalue weighted by atomic mass is 32.2. The molecular weight excluding hydrogens is 316 g/mol. The van der Waals surface area contributed by atoms with E-state index in [1.165, 1.54) is 5.56 Å². The number of sulfonamides is 1. The number of aryl methyl sites for hydroxylation is 1. The van der Waals surface area contributed by atoms with E-state index in [0.717, 1.165) is 19.6 Å². The van der Waals surface area contributed by atoms with Crippen LogP contribution in [0.3, 0.4) is 0 Å². The predicted octanol–water partition coefficient (Wildman–Crippen LogP) is 0.293. The Morgan fingerprint density at radius 1 is 1.35 bits per heavy atom. The van der Waals surface area contributed by atoms with Gasteiger partial charge < -0.3 is 4.74 Å². The Labute approximate surface area is 138 Å². The van der Waals surface area contributed by atoms with Crippen molar-refractivity contribution in [2.75, 3.05) is 38.5 Å². The number of nitrogens with zero attached hydrogens (tertiary/aromatic N) is 4. The van der Waals surface area contributed by atoms with Crippen LogP contribution < -0.4 is 0 Å². The van der Waals surface area contributed by atoms with Crippen molar-refractivity contribution in [3.63, 3.8) is 0 Å². The molecule has 3 rings (SSSR count). The molecule has 8 heteroatoms. The Balaban J connectivity index is 1.64. The van der Waals surface area contributed by atoms with Crippen molar-refractivity contribution in [2.24, 2.45) is 13.0 Å². The molecule has 2 aliphatic rings. The van der Waals surface area contributed by atoms with E-state index in [0.29, 0.717) is 26.1 Å². The first-order valence-electron chi connectivity index (χ1n) is 8.27. The highest BCUT2D eigenvalue weighted by Gasteiger charge is 2.40. The van der Waals surface area contributed by atoms with Gasteiger partial charge in [0.1, 0.15) is 0 Å². The van der Waals surface area contributed by atoms with Crippen LogP contribution in [0.25, 0.3) is 0 Å². The third kappa shape index (κ3) is 3.93. The largest absolute Gasteiger partial charge is 0.375 e. The molecule has 0 N–H and O–H groups in total. The topological polar surface area (TPSA) is 67.7 Å². The molecule has 3 heterocycles. The maximum Gasteiger partial charge on any atom is 0.214 e. The summed E-state index contributed by atoms with van der Waals surface area (Å²) in [6.45, 7) is 6.23. The lowest BCUT2D eigenvalue weighted by atomic mass is 10.1. The second-order valence-corrected chi connectivity index (χ2v) is 8.65. The molecule has 0 bridgehead atoms. The Kier molecular flexibility index (Phi) is 5.05. The molecule has 2 saturated heterocycles. The van der Waals surface area contributed by atoms with Gasteiger partial charge in [0.15, 0.2) is 0 Å². The van der Waals surface area contributed by atoms with Crippen LogP contribution in [0.2, 0.25) is 0 Å². The van der Waals surface area contributed by atoms with Crippen LogP contribution >= 0.6 is 0 Å². The summed E-state index contributed by atoms with van der Waals surface area (Å²) in [5.41, 5.74) is 1.18. The molecule has 0 saturated carbocycles. The smallest absolute Gasteiger partial charge is 0.214 e. The average Bonchev–Trinajstić information content (AvgIpc) is 3.02. The van der Waals surface area contributed by atoms with Gasteiger partial charge >= 0.3 is 0 Å². The molecule has 2 fully saturated rings. The van der Waals surface area contributed by atoms with Gasteiger partial charge in [-0.25, -0.2) is 8.42 Å². The molecule has 130 valence electrons. The van der Waals surface area contributed by atoms with Gasteiger partial charge in [0.05, 0.1) is 24.7 Å². The normalized spacial score (nSPS) is 27.0. The second-order valence-electron chi connectivity index (χ2n) is 6.56. The van der Waals surface area contributed by atoms with E-state index in [4.69, 9.17) is 4.74 Å². The highest BCUT2D eigenvalue weighted by molar-refractivity contribution is 7.89. The van der Waals surface area contributed by atoms with Crippen molar-refractivity contribution in [3.05, 3.63) is 18.0 Å². The average molecular weight is 342 g/mol. The standard InChI is InChI=1S/C15H26N4O3S/c1-3-6-23(20,21)19-11-14-10-18(4-5-22-15(14)12-19)9-13-7-16-17(2)8-13/h7-8,14-15H,3-6,9-12H2,1-2H3/t14-,15+/m1/s1. The van der Waals surface area contributed by atoms with Gasteiger partial charge in [-0.2, -0.15) is 9.40 Å². The van der Waals surface area contributed by atoms with Crippen molar-refractivity contribution in [1.82, 2.24) is 19.0 Å². The maximum absolute atomic E-state index is 12.3. The summed E-state index contributed by atoms with van der Waals surface area (Å²) in [6, 6.07) is 0. The molecule has 0 aromatic carbocycles. The quantitative estimate of drug-likeness (QED) is 0.769. The van der Waals surface area contributed by atoms with Crippen LogP contribution in [0.5, 0.6) is 0 Å². The van der Waals surface area contributed by atoms with Gasteiger partial charge in [-0.05, 0) is 6.42 Å². The van der Waals surface area contributed by atoms with Gasteiger partial charge in [0.2, 0.25) is 10.0 Å². The van der Waals surface area contributed by atoms with Crippen molar-refractivity contribution in [1.29, 1.82) is 0 Å². The molecule has 1 aromatic heterocycles. The van der Waals surface area contributed by atoms with Crippen molar-refractivity contribution >= 4 is 10.0 Å². The molecule has 23 heavy (non-hydrogen) atoms. The summed E-state index contributed by atoms with van der Waals surface area (Å²) < 4.78 is 33.9. The van der Waals surface area contributed by atoms with E-state index in [2.05, 4.69) is 10.00 Å². The van der Waals surface area contributed by atoms with Crippen LogP contribution in [0, 0.1) is 5.92 Å². The fourth-order valence-corrected chi connectivity index (χ4v) is 5.06. The number of hydrogen-bond donors (Lipinski definition) is 0. The Bertz CT molecular complexity index is 630. The summed E-state index contributed by atoms with van der Waals surface area (Å²) in [6.07, 6.45) is 4.59. The Morgan fingerprint density at radius 2 is 2.17 bits per heavy atom. The first-order chi connectivity index (χ1) is 11.0. The van der Waals surface area contributed by atoms with Crippen LogP contribution in [0.1, 0.15) is 18.9 Å². The number of rotatable bonds is 5. The van der Waals surface area contributed by atoms with Gasteiger partial charge in [-0.15, -0.1) is 0 Å². The molecule has 0 radical (unpaired) electrons. The number of ether oxygens (including phenoxy) is 1. The van der Waals surface area contributed by atoms with E-state index in [1.54, 1.807) is 8.99 Å². The monoisotopic (exact) mass is 342 g/mol. The van der Waals surface area contributed by atoms with E-state index in [-0.39, 0.29) is 17.8 Å². The minimum absolute atomic E-state index is 0.0283. The fourth-order valence-electron chi connectivity index (χ4n) is 3.49. The molecule has 0 spiro atoms. The van der Waals surface area contributed by atoms with Gasteiger partial charge in [-0.1, -0.05) is 6.92 Å². The van der Waals surface area contributed by atoms with Crippen molar-refractivity contribution < 1.29 is 13.2 Å². The summed E-state index contributed by atoms with van der Waals surface area (Å²) in [5.74, 6) is 0.479. The van der Waals surface area contributed by atoms with Crippen LogP contribution in [0.4, 0.5) is 0 Å². The third-order valence-corrected chi connectivity index (χ3v) is 6.61. The lowest BCUT2D eigenvalue weighted by Crippen LogP contribution is -2.34. The summed E-state index contributed by atoms with van der Waals surface area (Å²) in [4.78, 5) is 2.34. The number of hydrogen-bond acceptors (Lipinski definition) is 5. The molecule has 7 nitrogen and oxygen atoms in total. The third-order valence-electron chi connectivity index (χ3n) is 4.60. The predicted molar refractivity (Wildman–Crippen MR) is 87.4 cm³/mol.